The third kappa shape index (κ3) is 9.47. The minimum Gasteiger partial charge on any atom is -0.444 e. The predicted molar refractivity (Wildman–Crippen MR) is 212 cm³/mol. The van der Waals surface area contributed by atoms with E-state index in [0.29, 0.717) is 29.8 Å². The van der Waals surface area contributed by atoms with Gasteiger partial charge in [0.15, 0.2) is 0 Å². The molecule has 4 aliphatic heterocycles. The number of nitro benzene ring substituents is 1. The first-order valence-corrected chi connectivity index (χ1v) is 18.1. The minimum absolute atomic E-state index is 0. The van der Waals surface area contributed by atoms with Gasteiger partial charge >= 0.3 is 6.09 Å². The molecule has 0 saturated carbocycles. The predicted octanol–water partition coefficient (Wildman–Crippen LogP) is 7.92. The van der Waals surface area contributed by atoms with Gasteiger partial charge in [-0.3, -0.25) is 20.0 Å². The number of anilines is 1. The Balaban J connectivity index is 0.000000334. The van der Waals surface area contributed by atoms with E-state index in [1.54, 1.807) is 17.0 Å². The number of halogens is 2. The average molecular weight is 866 g/mol. The summed E-state index contributed by atoms with van der Waals surface area (Å²) in [6.07, 6.45) is 1.55. The van der Waals surface area contributed by atoms with Crippen LogP contribution in [0.4, 0.5) is 16.2 Å². The summed E-state index contributed by atoms with van der Waals surface area (Å²) in [5.41, 5.74) is 1.05. The Labute approximate surface area is 322 Å². The lowest BCUT2D eigenvalue weighted by Gasteiger charge is -2.44. The number of likely N-dealkylation sites (tertiary alicyclic amines) is 1. The van der Waals surface area contributed by atoms with E-state index in [1.165, 1.54) is 6.07 Å². The second-order valence-electron chi connectivity index (χ2n) is 14.1. The molecule has 2 aromatic rings. The number of rotatable bonds is 5. The molecular weight excluding hydrogens is 814 g/mol. The summed E-state index contributed by atoms with van der Waals surface area (Å²) in [4.78, 5) is 30.3. The lowest BCUT2D eigenvalue weighted by atomic mass is 9.85. The molecule has 16 heteroatoms. The van der Waals surface area contributed by atoms with Crippen molar-refractivity contribution in [3.8, 4) is 0 Å². The summed E-state index contributed by atoms with van der Waals surface area (Å²) in [5, 5.41) is 14.7. The first kappa shape index (κ1) is 44.1. The number of hydrogen-bond acceptors (Lipinski definition) is 9. The molecule has 12 nitrogen and oxygen atoms in total. The fourth-order valence-corrected chi connectivity index (χ4v) is 7.31. The minimum atomic E-state index is -1.35. The Kier molecular flexibility index (Phi) is 14.7. The molecule has 3 fully saturated rings. The van der Waals surface area contributed by atoms with Gasteiger partial charge in [-0.15, -0.1) is 0 Å². The molecule has 6 rings (SSSR count). The van der Waals surface area contributed by atoms with Crippen LogP contribution in [0.15, 0.2) is 50.3 Å². The molecule has 4 aliphatic rings. The zero-order valence-corrected chi connectivity index (χ0v) is 32.8. The van der Waals surface area contributed by atoms with Crippen molar-refractivity contribution in [3.05, 3.63) is 66.6 Å². The van der Waals surface area contributed by atoms with E-state index >= 15 is 0 Å². The van der Waals surface area contributed by atoms with E-state index in [4.69, 9.17) is 19.2 Å². The third-order valence-electron chi connectivity index (χ3n) is 8.17. The number of aliphatic imine (C=N–C) groups is 1. The van der Waals surface area contributed by atoms with Crippen molar-refractivity contribution >= 4 is 79.6 Å². The van der Waals surface area contributed by atoms with Gasteiger partial charge < -0.3 is 19.5 Å². The summed E-state index contributed by atoms with van der Waals surface area (Å²) in [7, 11) is -1.35. The van der Waals surface area contributed by atoms with E-state index < -0.39 is 31.8 Å². The Morgan fingerprint density at radius 3 is 2.12 bits per heavy atom. The molecule has 0 aromatic heterocycles. The molecule has 50 heavy (non-hydrogen) atoms. The number of nitrogens with one attached hydrogen (secondary N) is 2. The first-order valence-electron chi connectivity index (χ1n) is 15.4. The largest absolute Gasteiger partial charge is 0.444 e. The quantitative estimate of drug-likeness (QED) is 0.228. The molecule has 1 amide bonds. The summed E-state index contributed by atoms with van der Waals surface area (Å²) < 4.78 is 32.9. The van der Waals surface area contributed by atoms with Crippen molar-refractivity contribution in [2.45, 2.75) is 96.7 Å². The summed E-state index contributed by atoms with van der Waals surface area (Å²) in [6.45, 7) is 13.6. The van der Waals surface area contributed by atoms with Crippen molar-refractivity contribution in [2.24, 2.45) is 4.99 Å². The van der Waals surface area contributed by atoms with Crippen LogP contribution in [0.3, 0.4) is 0 Å². The van der Waals surface area contributed by atoms with Crippen LogP contribution < -0.4 is 10.0 Å². The number of amidine groups is 1. The Morgan fingerprint density at radius 2 is 1.62 bits per heavy atom. The topological polar surface area (TPSA) is 145 Å². The lowest BCUT2D eigenvalue weighted by Crippen LogP contribution is -2.60. The Hall–Kier alpha value is -2.08. The average Bonchev–Trinajstić information content (AvgIpc) is 3.43. The van der Waals surface area contributed by atoms with Gasteiger partial charge in [0.05, 0.1) is 58.7 Å². The van der Waals surface area contributed by atoms with E-state index in [-0.39, 0.29) is 64.9 Å². The van der Waals surface area contributed by atoms with E-state index in [1.807, 2.05) is 47.6 Å². The zero-order chi connectivity index (χ0) is 34.4. The molecule has 0 aliphatic carbocycles. The first-order chi connectivity index (χ1) is 21.9. The summed E-state index contributed by atoms with van der Waals surface area (Å²) in [6, 6.07) is 11.0. The number of ether oxygens (including phenoxy) is 3. The van der Waals surface area contributed by atoms with Crippen LogP contribution in [0.2, 0.25) is 0 Å². The van der Waals surface area contributed by atoms with Gasteiger partial charge in [0, 0.05) is 32.8 Å². The Bertz CT molecular complexity index is 1610. The van der Waals surface area contributed by atoms with Gasteiger partial charge in [-0.05, 0) is 78.6 Å². The highest BCUT2D eigenvalue weighted by molar-refractivity contribution is 9.10. The fourth-order valence-electron chi connectivity index (χ4n) is 5.71. The maximum atomic E-state index is 12.6. The molecule has 0 radical (unpaired) electrons. The van der Waals surface area contributed by atoms with E-state index in [2.05, 4.69) is 54.0 Å². The monoisotopic (exact) mass is 863 g/mol. The van der Waals surface area contributed by atoms with Crippen molar-refractivity contribution in [1.82, 2.24) is 9.62 Å². The standard InChI is InChI=1S/C19H24BrN3O3.C13H17BrN2O4S.2CH4.H2S/c1-18(2,3)26-17(24)23-8-4-5-15(23)16-21-14-9-12(20)6-7-13(14)19(22-16)10-25-11-19;1-12(2,3)21(19)15-13(7-20-8-13)10-5-4-9(14)6-11(10)16(17)18;;;/h6-7,9,15H,4-5,8,10-11H2,1-3H3,(H,21,22);4-6,15H,7-8H2,1-3H3;2*1H4;1H2/t15-;;;;/m0..../s1. The fraction of sp³-hybridized carbons (Fsp3) is 0.588. The number of amides is 1. The smallest absolute Gasteiger partial charge is 0.410 e. The normalized spacial score (nSPS) is 20.3. The van der Waals surface area contributed by atoms with Crippen LogP contribution in [0.1, 0.15) is 80.4 Å². The van der Waals surface area contributed by atoms with Crippen LogP contribution in [0, 0.1) is 10.1 Å². The van der Waals surface area contributed by atoms with Gasteiger partial charge in [-0.25, -0.2) is 13.7 Å². The number of carbonyl (C=O) groups excluding carboxylic acids is 1. The lowest BCUT2D eigenvalue weighted by molar-refractivity contribution is -0.386. The molecule has 3 saturated heterocycles. The molecule has 280 valence electrons. The zero-order valence-electron chi connectivity index (χ0n) is 27.9. The maximum absolute atomic E-state index is 12.6. The van der Waals surface area contributed by atoms with Crippen molar-refractivity contribution in [2.75, 3.05) is 38.3 Å². The molecule has 2 aromatic carbocycles. The van der Waals surface area contributed by atoms with Crippen molar-refractivity contribution < 1.29 is 28.1 Å². The van der Waals surface area contributed by atoms with Gasteiger partial charge in [-0.2, -0.15) is 13.5 Å². The second kappa shape index (κ2) is 16.7. The van der Waals surface area contributed by atoms with Gasteiger partial charge in [0.25, 0.3) is 5.69 Å². The highest BCUT2D eigenvalue weighted by atomic mass is 79.9. The van der Waals surface area contributed by atoms with Gasteiger partial charge in [0.1, 0.15) is 22.5 Å². The molecule has 2 atom stereocenters. The van der Waals surface area contributed by atoms with Crippen molar-refractivity contribution in [3.63, 3.8) is 0 Å². The SMILES string of the molecule is C.C.CC(C)(C)OC(=O)N1CCC[C@H]1C1=NC2(COC2)c2ccc(Br)cc2N1.CC(C)(C)S(=O)NC1(c2ccc(Br)cc2[N+](=O)[O-])COC1.S. The van der Waals surface area contributed by atoms with Crippen LogP contribution in [-0.2, 0) is 36.3 Å². The number of carbonyl (C=O) groups is 1. The van der Waals surface area contributed by atoms with Crippen LogP contribution in [0.5, 0.6) is 0 Å². The second-order valence-corrected chi connectivity index (χ2v) is 17.9. The maximum Gasteiger partial charge on any atom is 0.410 e. The van der Waals surface area contributed by atoms with Crippen LogP contribution in [0.25, 0.3) is 0 Å². The number of nitro groups is 1. The molecule has 2 N–H and O–H groups in total. The highest BCUT2D eigenvalue weighted by Crippen LogP contribution is 2.43. The van der Waals surface area contributed by atoms with E-state index in [0.717, 1.165) is 34.4 Å². The number of nitrogens with zero attached hydrogens (tertiary/aromatic N) is 3. The summed E-state index contributed by atoms with van der Waals surface area (Å²) >= 11 is 6.78. The molecule has 1 spiro atoms. The number of fused-ring (bicyclic) bond motifs is 2. The highest BCUT2D eigenvalue weighted by Gasteiger charge is 2.48. The van der Waals surface area contributed by atoms with Gasteiger partial charge in [0.2, 0.25) is 0 Å². The molecule has 4 heterocycles. The molecule has 0 bridgehead atoms. The van der Waals surface area contributed by atoms with Crippen LogP contribution >= 0.6 is 45.4 Å². The van der Waals surface area contributed by atoms with Gasteiger partial charge in [-0.1, -0.05) is 52.8 Å². The third-order valence-corrected chi connectivity index (χ3v) is 10.8. The molecule has 1 unspecified atom stereocenters. The number of hydrogen-bond donors (Lipinski definition) is 2. The van der Waals surface area contributed by atoms with E-state index in [9.17, 15) is 19.1 Å². The van der Waals surface area contributed by atoms with Crippen molar-refractivity contribution in [1.29, 1.82) is 0 Å². The Morgan fingerprint density at radius 1 is 1.04 bits per heavy atom. The van der Waals surface area contributed by atoms with Crippen LogP contribution in [-0.4, -0.2) is 75.3 Å². The molecular formula is C34H51Br2N5O7S2. The number of benzene rings is 2. The summed E-state index contributed by atoms with van der Waals surface area (Å²) in [5.74, 6) is 0.835.